The van der Waals surface area contributed by atoms with E-state index in [2.05, 4.69) is 4.98 Å². The lowest BCUT2D eigenvalue weighted by Crippen LogP contribution is -2.34. The Morgan fingerprint density at radius 3 is 2.25 bits per heavy atom. The van der Waals surface area contributed by atoms with E-state index in [1.54, 1.807) is 19.9 Å². The highest BCUT2D eigenvalue weighted by Gasteiger charge is 2.40. The van der Waals surface area contributed by atoms with Crippen LogP contribution in [0.15, 0.2) is 54.7 Å². The minimum atomic E-state index is -1.12. The number of carbonyl (C=O) groups is 2. The number of ether oxygens (including phenoxy) is 2. The third-order valence-electron chi connectivity index (χ3n) is 4.58. The highest BCUT2D eigenvalue weighted by atomic mass is 35.5. The molecule has 0 unspecified atom stereocenters. The lowest BCUT2D eigenvalue weighted by atomic mass is 9.80. The van der Waals surface area contributed by atoms with Gasteiger partial charge in [-0.2, -0.15) is 0 Å². The number of hydrogen-bond donors (Lipinski definition) is 1. The maximum Gasteiger partial charge on any atom is 0.321 e. The largest absolute Gasteiger partial charge is 0.465 e. The number of halogens is 1. The number of fused-ring (bicyclic) bond motifs is 1. The summed E-state index contributed by atoms with van der Waals surface area (Å²) in [7, 11) is 0. The summed E-state index contributed by atoms with van der Waals surface area (Å²) >= 11 is 6.21. The fraction of sp³-hybridized carbons (Fsp3) is 0.273. The van der Waals surface area contributed by atoms with Gasteiger partial charge in [0.1, 0.15) is 0 Å². The maximum atomic E-state index is 12.8. The molecule has 1 heterocycles. The predicted octanol–water partition coefficient (Wildman–Crippen LogP) is 4.70. The van der Waals surface area contributed by atoms with Gasteiger partial charge in [-0.3, -0.25) is 9.59 Å². The van der Waals surface area contributed by atoms with Gasteiger partial charge >= 0.3 is 11.9 Å². The molecule has 0 fully saturated rings. The SMILES string of the molecule is CCOC(=O)C(C(=O)OCC)[C@@H](c1ccccc1)c1c[nH]c2ccc(Cl)cc12. The molecule has 3 aromatic rings. The van der Waals surface area contributed by atoms with Crippen molar-refractivity contribution >= 4 is 34.4 Å². The maximum absolute atomic E-state index is 12.8. The van der Waals surface area contributed by atoms with Gasteiger partial charge in [-0.05, 0) is 43.2 Å². The number of carbonyl (C=O) groups excluding carboxylic acids is 2. The molecule has 146 valence electrons. The smallest absolute Gasteiger partial charge is 0.321 e. The van der Waals surface area contributed by atoms with Crippen LogP contribution in [0.5, 0.6) is 0 Å². The van der Waals surface area contributed by atoms with E-state index in [4.69, 9.17) is 21.1 Å². The van der Waals surface area contributed by atoms with Crippen LogP contribution in [0.1, 0.15) is 30.9 Å². The highest BCUT2D eigenvalue weighted by molar-refractivity contribution is 6.31. The van der Waals surface area contributed by atoms with Crippen LogP contribution in [0.2, 0.25) is 5.02 Å². The van der Waals surface area contributed by atoms with Crippen LogP contribution in [0.25, 0.3) is 10.9 Å². The van der Waals surface area contributed by atoms with Gasteiger partial charge in [-0.15, -0.1) is 0 Å². The number of rotatable bonds is 7. The zero-order valence-electron chi connectivity index (χ0n) is 15.8. The molecule has 0 aliphatic rings. The molecule has 0 aliphatic carbocycles. The van der Waals surface area contributed by atoms with Crippen LogP contribution >= 0.6 is 11.6 Å². The monoisotopic (exact) mass is 399 g/mol. The van der Waals surface area contributed by atoms with Crippen LogP contribution in [0.4, 0.5) is 0 Å². The average Bonchev–Trinajstić information content (AvgIpc) is 3.09. The van der Waals surface area contributed by atoms with Gasteiger partial charge in [-0.1, -0.05) is 41.9 Å². The van der Waals surface area contributed by atoms with Crippen LogP contribution in [0, 0.1) is 5.92 Å². The first kappa shape index (κ1) is 20.0. The average molecular weight is 400 g/mol. The van der Waals surface area contributed by atoms with Gasteiger partial charge in [-0.25, -0.2) is 0 Å². The van der Waals surface area contributed by atoms with Crippen molar-refractivity contribution in [3.63, 3.8) is 0 Å². The Bertz CT molecular complexity index is 949. The van der Waals surface area contributed by atoms with Crippen molar-refractivity contribution in [2.45, 2.75) is 19.8 Å². The zero-order valence-corrected chi connectivity index (χ0v) is 16.5. The Hall–Kier alpha value is -2.79. The van der Waals surface area contributed by atoms with Gasteiger partial charge in [0.2, 0.25) is 0 Å². The first-order valence-corrected chi connectivity index (χ1v) is 9.59. The van der Waals surface area contributed by atoms with E-state index >= 15 is 0 Å². The van der Waals surface area contributed by atoms with E-state index in [1.807, 2.05) is 48.7 Å². The third-order valence-corrected chi connectivity index (χ3v) is 4.82. The van der Waals surface area contributed by atoms with E-state index < -0.39 is 23.8 Å². The third kappa shape index (κ3) is 4.04. The number of benzene rings is 2. The summed E-state index contributed by atoms with van der Waals surface area (Å²) in [5.74, 6) is -2.91. The van der Waals surface area contributed by atoms with Crippen molar-refractivity contribution in [2.24, 2.45) is 5.92 Å². The molecule has 0 bridgehead atoms. The Balaban J connectivity index is 2.21. The molecule has 0 spiro atoms. The van der Waals surface area contributed by atoms with E-state index in [0.29, 0.717) is 5.02 Å². The normalized spacial score (nSPS) is 12.1. The second-order valence-corrected chi connectivity index (χ2v) is 6.74. The second kappa shape index (κ2) is 8.93. The molecule has 1 N–H and O–H groups in total. The second-order valence-electron chi connectivity index (χ2n) is 6.30. The standard InChI is InChI=1S/C22H22ClNO4/c1-3-27-21(25)20(22(26)28-4-2)19(14-8-6-5-7-9-14)17-13-24-18-11-10-15(23)12-16(17)18/h5-13,19-20,24H,3-4H2,1-2H3/t19-/m0/s1. The van der Waals surface area contributed by atoms with Gasteiger partial charge in [0, 0.05) is 28.0 Å². The van der Waals surface area contributed by atoms with Crippen molar-refractivity contribution in [3.05, 3.63) is 70.9 Å². The van der Waals surface area contributed by atoms with Crippen LogP contribution in [-0.2, 0) is 19.1 Å². The minimum absolute atomic E-state index is 0.177. The Morgan fingerprint density at radius 2 is 1.64 bits per heavy atom. The van der Waals surface area contributed by atoms with Crippen LogP contribution in [0.3, 0.4) is 0 Å². The van der Waals surface area contributed by atoms with E-state index in [1.165, 1.54) is 0 Å². The van der Waals surface area contributed by atoms with Crippen LogP contribution in [-0.4, -0.2) is 30.1 Å². The van der Waals surface area contributed by atoms with Crippen molar-refractivity contribution in [3.8, 4) is 0 Å². The molecule has 0 saturated carbocycles. The van der Waals surface area contributed by atoms with Gasteiger partial charge in [0.05, 0.1) is 13.2 Å². The number of nitrogens with one attached hydrogen (secondary N) is 1. The summed E-state index contributed by atoms with van der Waals surface area (Å²) in [6, 6.07) is 14.9. The first-order chi connectivity index (χ1) is 13.6. The Kier molecular flexibility index (Phi) is 6.37. The van der Waals surface area contributed by atoms with Crippen molar-refractivity contribution in [2.75, 3.05) is 13.2 Å². The lowest BCUT2D eigenvalue weighted by molar-refractivity contribution is -0.162. The van der Waals surface area contributed by atoms with Crippen LogP contribution < -0.4 is 0 Å². The molecule has 6 heteroatoms. The fourth-order valence-corrected chi connectivity index (χ4v) is 3.59. The number of aromatic nitrogens is 1. The summed E-state index contributed by atoms with van der Waals surface area (Å²) in [6.07, 6.45) is 1.81. The quantitative estimate of drug-likeness (QED) is 0.462. The van der Waals surface area contributed by atoms with E-state index in [-0.39, 0.29) is 13.2 Å². The molecule has 1 atom stereocenters. The molecule has 1 aromatic heterocycles. The number of hydrogen-bond acceptors (Lipinski definition) is 4. The number of esters is 2. The van der Waals surface area contributed by atoms with E-state index in [0.717, 1.165) is 22.0 Å². The molecular weight excluding hydrogens is 378 g/mol. The topological polar surface area (TPSA) is 68.4 Å². The summed E-state index contributed by atoms with van der Waals surface area (Å²) in [4.78, 5) is 28.8. The van der Waals surface area contributed by atoms with Crippen molar-refractivity contribution in [1.29, 1.82) is 0 Å². The molecule has 0 aliphatic heterocycles. The minimum Gasteiger partial charge on any atom is -0.465 e. The predicted molar refractivity (Wildman–Crippen MR) is 108 cm³/mol. The molecule has 5 nitrogen and oxygen atoms in total. The summed E-state index contributed by atoms with van der Waals surface area (Å²) in [6.45, 7) is 3.78. The molecule has 0 saturated heterocycles. The molecule has 0 amide bonds. The van der Waals surface area contributed by atoms with E-state index in [9.17, 15) is 9.59 Å². The Morgan fingerprint density at radius 1 is 1.00 bits per heavy atom. The van der Waals surface area contributed by atoms with Gasteiger partial charge in [0.15, 0.2) is 5.92 Å². The van der Waals surface area contributed by atoms with Gasteiger partial charge < -0.3 is 14.5 Å². The lowest BCUT2D eigenvalue weighted by Gasteiger charge is -2.24. The van der Waals surface area contributed by atoms with Crippen molar-refractivity contribution in [1.82, 2.24) is 4.98 Å². The fourth-order valence-electron chi connectivity index (χ4n) is 3.42. The summed E-state index contributed by atoms with van der Waals surface area (Å²) in [5.41, 5.74) is 2.47. The molecule has 3 rings (SSSR count). The van der Waals surface area contributed by atoms with Gasteiger partial charge in [0.25, 0.3) is 0 Å². The summed E-state index contributed by atoms with van der Waals surface area (Å²) < 4.78 is 10.5. The Labute approximate surface area is 168 Å². The molecule has 28 heavy (non-hydrogen) atoms. The highest BCUT2D eigenvalue weighted by Crippen LogP contribution is 2.38. The van der Waals surface area contributed by atoms with Crippen molar-refractivity contribution < 1.29 is 19.1 Å². The number of H-pyrrole nitrogens is 1. The zero-order chi connectivity index (χ0) is 20.1. The molecule has 0 radical (unpaired) electrons. The molecular formula is C22H22ClNO4. The first-order valence-electron chi connectivity index (χ1n) is 9.21. The molecule has 2 aromatic carbocycles. The number of aromatic amines is 1. The summed E-state index contributed by atoms with van der Waals surface area (Å²) in [5, 5.41) is 1.42.